The molecule has 0 aliphatic rings. The van der Waals surface area contributed by atoms with E-state index in [0.717, 1.165) is 41.9 Å². The summed E-state index contributed by atoms with van der Waals surface area (Å²) in [5.41, 5.74) is 0. The van der Waals surface area contributed by atoms with Crippen molar-refractivity contribution in [2.45, 2.75) is 0 Å². The van der Waals surface area contributed by atoms with Gasteiger partial charge in [0, 0.05) is 0 Å². The maximum absolute atomic E-state index is 4.53. The molecule has 0 heterocycles. The van der Waals surface area contributed by atoms with E-state index in [2.05, 4.69) is 8.23 Å². The average molecular weight is 174 g/mol. The van der Waals surface area contributed by atoms with E-state index in [9.17, 15) is 0 Å². The fourth-order valence-electron chi connectivity index (χ4n) is 0. The van der Waals surface area contributed by atoms with Crippen LogP contribution in [0, 0.1) is 0 Å². The lowest BCUT2D eigenvalue weighted by atomic mass is 15.8. The minimum Gasteiger partial charge on any atom is -0.471 e. The fraction of sp³-hybridized carbons (Fsp3) is 0. The lowest BCUT2D eigenvalue weighted by Crippen LogP contribution is -1.65. The zero-order valence-corrected chi connectivity index (χ0v) is 13.3. The van der Waals surface area contributed by atoms with Gasteiger partial charge in [-0.25, -0.2) is 0 Å². The maximum Gasteiger partial charge on any atom is 0.129 e. The van der Waals surface area contributed by atoms with Crippen LogP contribution < -0.4 is 0 Å². The van der Waals surface area contributed by atoms with Crippen molar-refractivity contribution < 1.29 is 13.7 Å². The lowest BCUT2D eigenvalue weighted by Gasteiger charge is -1.62. The predicted octanol–water partition coefficient (Wildman–Crippen LogP) is -5.70. The van der Waals surface area contributed by atoms with Crippen molar-refractivity contribution in [2.24, 2.45) is 0 Å². The van der Waals surface area contributed by atoms with Gasteiger partial charge in [-0.15, -0.1) is 0 Å². The van der Waals surface area contributed by atoms with Gasteiger partial charge in [-0.05, 0) is 0 Å². The molecule has 0 saturated carbocycles. The second-order valence-electron chi connectivity index (χ2n) is 0.816. The lowest BCUT2D eigenvalue weighted by molar-refractivity contribution is 0.690. The number of hydrogen-bond donors (Lipinski definition) is 0. The largest absolute Gasteiger partial charge is 0.471 e. The van der Waals surface area contributed by atoms with Gasteiger partial charge < -0.3 is 13.7 Å². The Bertz CT molecular complexity index is 8.90. The highest BCUT2D eigenvalue weighted by Gasteiger charge is 1.28. The Hall–Kier alpha value is 0.748. The molecule has 0 rings (SSSR count). The molecule has 48 valence electrons. The van der Waals surface area contributed by atoms with Gasteiger partial charge in [0.2, 0.25) is 0 Å². The summed E-state index contributed by atoms with van der Waals surface area (Å²) < 4.78 is 9.06. The van der Waals surface area contributed by atoms with Gasteiger partial charge in [0.05, 0.1) is 0 Å². The third-order valence-electron chi connectivity index (χ3n) is 0. The first kappa shape index (κ1) is 15.7. The van der Waals surface area contributed by atoms with Crippen LogP contribution in [0.15, 0.2) is 0 Å². The van der Waals surface area contributed by atoms with Crippen LogP contribution in [0.25, 0.3) is 0 Å². The predicted molar refractivity (Wildman–Crippen MR) is 45.5 cm³/mol. The molecule has 7 heavy (non-hydrogen) atoms. The number of hydrogen-bond acceptors (Lipinski definition) is 2. The highest BCUT2D eigenvalue weighted by molar-refractivity contribution is 6.15. The molecule has 0 spiro atoms. The molecule has 0 aromatic heterocycles. The van der Waals surface area contributed by atoms with Crippen molar-refractivity contribution >= 4 is 41.9 Å². The van der Waals surface area contributed by atoms with E-state index in [1.54, 1.807) is 0 Å². The number of rotatable bonds is 0. The van der Waals surface area contributed by atoms with Gasteiger partial charge in [-0.2, -0.15) is 0 Å². The Morgan fingerprint density at radius 1 is 0.714 bits per heavy atom. The summed E-state index contributed by atoms with van der Waals surface area (Å²) in [7, 11) is 3.72. The summed E-state index contributed by atoms with van der Waals surface area (Å²) in [6.07, 6.45) is 0. The molecular formula is H14O3Si4. The molecule has 0 aromatic rings. The maximum atomic E-state index is 4.53. The molecule has 0 radical (unpaired) electrons. The smallest absolute Gasteiger partial charge is 0.129 e. The quantitative estimate of drug-likeness (QED) is 0.344. The van der Waals surface area contributed by atoms with E-state index in [1.165, 1.54) is 0 Å². The Kier molecular flexibility index (Phi) is 66.0. The molecule has 0 amide bonds. The van der Waals surface area contributed by atoms with E-state index in [4.69, 9.17) is 0 Å². The van der Waals surface area contributed by atoms with Crippen molar-refractivity contribution in [2.75, 3.05) is 0 Å². The zero-order chi connectivity index (χ0) is 5.41. The first-order valence-electron chi connectivity index (χ1n) is 1.63. The van der Waals surface area contributed by atoms with Crippen LogP contribution in [0.2, 0.25) is 0 Å². The van der Waals surface area contributed by atoms with Crippen molar-refractivity contribution in [1.82, 2.24) is 0 Å². The van der Waals surface area contributed by atoms with Gasteiger partial charge in [-0.1, -0.05) is 0 Å². The summed E-state index contributed by atoms with van der Waals surface area (Å²) >= 11 is 0. The highest BCUT2D eigenvalue weighted by atomic mass is 28.3. The van der Waals surface area contributed by atoms with Crippen molar-refractivity contribution in [3.63, 3.8) is 0 Å². The van der Waals surface area contributed by atoms with E-state index in [1.807, 2.05) is 0 Å². The van der Waals surface area contributed by atoms with Gasteiger partial charge in [0.25, 0.3) is 0 Å². The first-order chi connectivity index (χ1) is 2.83. The second kappa shape index (κ2) is 29.5. The van der Waals surface area contributed by atoms with Crippen LogP contribution in [-0.4, -0.2) is 47.4 Å². The van der Waals surface area contributed by atoms with Gasteiger partial charge in [0.15, 0.2) is 0 Å². The van der Waals surface area contributed by atoms with Crippen molar-refractivity contribution in [3.05, 3.63) is 0 Å². The van der Waals surface area contributed by atoms with Crippen LogP contribution in [0.3, 0.4) is 0 Å². The van der Waals surface area contributed by atoms with Crippen LogP contribution >= 0.6 is 0 Å². The summed E-state index contributed by atoms with van der Waals surface area (Å²) in [4.78, 5) is 0. The van der Waals surface area contributed by atoms with Crippen LogP contribution in [0.4, 0.5) is 0 Å². The molecule has 2 N–H and O–H groups in total. The molecular weight excluding hydrogens is 160 g/mol. The molecule has 0 aromatic carbocycles. The van der Waals surface area contributed by atoms with Crippen LogP contribution in [0.5, 0.6) is 0 Å². The third kappa shape index (κ3) is 272. The molecule has 0 atom stereocenters. The topological polar surface area (TPSA) is 50.0 Å². The Labute approximate surface area is 56.3 Å². The zero-order valence-electron chi connectivity index (χ0n) is 5.32. The minimum atomic E-state index is 0. The Balaban J connectivity index is -0.0000000400. The van der Waals surface area contributed by atoms with Crippen LogP contribution in [0.1, 0.15) is 0 Å². The van der Waals surface area contributed by atoms with Gasteiger partial charge in [-0.3, -0.25) is 0 Å². The van der Waals surface area contributed by atoms with Crippen LogP contribution in [-0.2, 0) is 8.23 Å². The minimum absolute atomic E-state index is 0. The van der Waals surface area contributed by atoms with E-state index in [0.29, 0.717) is 0 Å². The summed E-state index contributed by atoms with van der Waals surface area (Å²) in [5, 5.41) is 0. The highest BCUT2D eigenvalue weighted by Crippen LogP contribution is 1.20. The standard InChI is InChI=1S/2H6OSi2.H2O/c2*2-1-3;/h2*2-3H3;1H2. The van der Waals surface area contributed by atoms with Gasteiger partial charge in [0.1, 0.15) is 41.9 Å². The summed E-state index contributed by atoms with van der Waals surface area (Å²) in [6, 6.07) is 0. The molecule has 0 aliphatic heterocycles. The first-order valence-corrected chi connectivity index (χ1v) is 4.90. The monoisotopic (exact) mass is 174 g/mol. The average Bonchev–Trinajstić information content (AvgIpc) is 1.39. The molecule has 0 unspecified atom stereocenters. The second-order valence-corrected chi connectivity index (χ2v) is 7.35. The molecule has 3 nitrogen and oxygen atoms in total. The molecule has 0 bridgehead atoms. The fourth-order valence-corrected chi connectivity index (χ4v) is 0. The molecule has 0 aliphatic carbocycles. The summed E-state index contributed by atoms with van der Waals surface area (Å²) in [5.74, 6) is 0. The van der Waals surface area contributed by atoms with Crippen molar-refractivity contribution in [1.29, 1.82) is 0 Å². The Morgan fingerprint density at radius 2 is 0.714 bits per heavy atom. The van der Waals surface area contributed by atoms with E-state index < -0.39 is 0 Å². The van der Waals surface area contributed by atoms with Gasteiger partial charge >= 0.3 is 0 Å². The summed E-state index contributed by atoms with van der Waals surface area (Å²) in [6.45, 7) is 0. The molecule has 0 saturated heterocycles. The SMILES string of the molecule is O.[SiH3]O[SiH3].[SiH3]O[SiH3]. The normalized spacial score (nSPS) is 6.86. The Morgan fingerprint density at radius 3 is 0.714 bits per heavy atom. The van der Waals surface area contributed by atoms with Crippen molar-refractivity contribution in [3.8, 4) is 0 Å². The van der Waals surface area contributed by atoms with E-state index in [-0.39, 0.29) is 5.48 Å². The third-order valence-corrected chi connectivity index (χ3v) is 0. The van der Waals surface area contributed by atoms with E-state index >= 15 is 0 Å². The molecule has 7 heteroatoms. The molecule has 0 fully saturated rings.